The minimum Gasteiger partial charge on any atom is -0.501 e. The molecular weight excluding hydrogens is 575 g/mol. The van der Waals surface area contributed by atoms with Crippen LogP contribution in [0.4, 0.5) is 0 Å². The number of aromatic nitrogens is 1. The molecule has 3 atom stereocenters. The maximum absolute atomic E-state index is 6.44. The number of hydrogen-bond donors (Lipinski definition) is 0. The standard InChI is InChI=1S/C27H28NOSi.Ir/c1-30(2,3)25-11-10-20(27-26(25)21-6-4-5-7-24(21)29-27)23-16-19(12-13-28-23)22-15-17-8-9-18(22)14-17;/h4-7,11-13,16-18,22H,8-9,14-15H2,1-3H3;/q-1;. The van der Waals surface area contributed by atoms with Gasteiger partial charge in [-0.1, -0.05) is 66.8 Å². The molecule has 0 N–H and O–H groups in total. The van der Waals surface area contributed by atoms with E-state index >= 15 is 0 Å². The minimum atomic E-state index is -1.56. The van der Waals surface area contributed by atoms with Crippen LogP contribution in [0, 0.1) is 17.9 Å². The van der Waals surface area contributed by atoms with E-state index in [0.717, 1.165) is 34.3 Å². The van der Waals surface area contributed by atoms with Crippen LogP contribution < -0.4 is 5.19 Å². The van der Waals surface area contributed by atoms with Crippen molar-refractivity contribution in [1.29, 1.82) is 0 Å². The third kappa shape index (κ3) is 3.44. The third-order valence-corrected chi connectivity index (χ3v) is 9.48. The van der Waals surface area contributed by atoms with Crippen LogP contribution in [-0.4, -0.2) is 13.1 Å². The zero-order chi connectivity index (χ0) is 20.5. The van der Waals surface area contributed by atoms with E-state index in [9.17, 15) is 0 Å². The molecule has 2 aromatic carbocycles. The first-order chi connectivity index (χ1) is 14.5. The van der Waals surface area contributed by atoms with Crippen molar-refractivity contribution in [1.82, 2.24) is 4.98 Å². The number of furan rings is 1. The molecule has 1 radical (unpaired) electrons. The molecule has 2 nitrogen and oxygen atoms in total. The minimum absolute atomic E-state index is 0. The average Bonchev–Trinajstić information content (AvgIpc) is 3.46. The number of nitrogens with zero attached hydrogens (tertiary/aromatic N) is 1. The summed E-state index contributed by atoms with van der Waals surface area (Å²) in [6.07, 6.45) is 7.60. The number of pyridine rings is 1. The summed E-state index contributed by atoms with van der Waals surface area (Å²) in [6.45, 7) is 7.18. The van der Waals surface area contributed by atoms with Crippen molar-refractivity contribution >= 4 is 35.2 Å². The summed E-state index contributed by atoms with van der Waals surface area (Å²) < 4.78 is 6.44. The van der Waals surface area contributed by atoms with Gasteiger partial charge in [0.1, 0.15) is 5.58 Å². The second-order valence-electron chi connectivity index (χ2n) is 10.4. The van der Waals surface area contributed by atoms with Gasteiger partial charge in [0.25, 0.3) is 0 Å². The van der Waals surface area contributed by atoms with Gasteiger partial charge in [0.2, 0.25) is 0 Å². The Morgan fingerprint density at radius 3 is 2.65 bits per heavy atom. The van der Waals surface area contributed by atoms with Crippen molar-refractivity contribution in [3.63, 3.8) is 0 Å². The van der Waals surface area contributed by atoms with E-state index in [2.05, 4.69) is 68.2 Å². The van der Waals surface area contributed by atoms with Crippen molar-refractivity contribution in [2.24, 2.45) is 11.8 Å². The van der Waals surface area contributed by atoms with E-state index in [4.69, 9.17) is 9.40 Å². The molecule has 0 amide bonds. The van der Waals surface area contributed by atoms with E-state index in [1.54, 1.807) is 0 Å². The summed E-state index contributed by atoms with van der Waals surface area (Å²) in [7, 11) is -1.56. The SMILES string of the molecule is C[Si](C)(C)c1c[c-]c(-c2cc(C3CC4CCC3C4)ccn2)c2oc3ccccc3c12.[Ir]. The third-order valence-electron chi connectivity index (χ3n) is 7.47. The zero-order valence-electron chi connectivity index (χ0n) is 18.4. The van der Waals surface area contributed by atoms with Crippen molar-refractivity contribution in [2.45, 2.75) is 51.2 Å². The van der Waals surface area contributed by atoms with Gasteiger partial charge in [-0.3, -0.25) is 0 Å². The fourth-order valence-electron chi connectivity index (χ4n) is 6.02. The Balaban J connectivity index is 0.00000204. The summed E-state index contributed by atoms with van der Waals surface area (Å²) in [6, 6.07) is 18.8. The molecule has 2 fully saturated rings. The second-order valence-corrected chi connectivity index (χ2v) is 15.4. The monoisotopic (exact) mass is 603 g/mol. The Kier molecular flexibility index (Phi) is 5.24. The molecule has 2 bridgehead atoms. The molecule has 4 aromatic rings. The molecule has 0 spiro atoms. The molecule has 161 valence electrons. The summed E-state index contributed by atoms with van der Waals surface area (Å²) in [5, 5.41) is 3.89. The molecule has 31 heavy (non-hydrogen) atoms. The first-order valence-electron chi connectivity index (χ1n) is 11.3. The fourth-order valence-corrected chi connectivity index (χ4v) is 7.52. The quantitative estimate of drug-likeness (QED) is 0.189. The Hall–Kier alpha value is -1.74. The fraction of sp³-hybridized carbons (Fsp3) is 0.370. The van der Waals surface area contributed by atoms with Crippen LogP contribution in [0.2, 0.25) is 19.6 Å². The van der Waals surface area contributed by atoms with Crippen molar-refractivity contribution in [2.75, 3.05) is 0 Å². The number of fused-ring (bicyclic) bond motifs is 5. The molecule has 3 unspecified atom stereocenters. The van der Waals surface area contributed by atoms with Crippen molar-refractivity contribution in [3.8, 4) is 11.3 Å². The molecule has 2 aliphatic carbocycles. The maximum Gasteiger partial charge on any atom is 0.120 e. The van der Waals surface area contributed by atoms with Gasteiger partial charge in [-0.05, 0) is 54.8 Å². The summed E-state index contributed by atoms with van der Waals surface area (Å²) in [5.74, 6) is 2.52. The topological polar surface area (TPSA) is 26.0 Å². The van der Waals surface area contributed by atoms with Crippen LogP contribution >= 0.6 is 0 Å². The Morgan fingerprint density at radius 2 is 1.90 bits per heavy atom. The number of hydrogen-bond acceptors (Lipinski definition) is 2. The Bertz CT molecular complexity index is 1270. The number of para-hydroxylation sites is 1. The van der Waals surface area contributed by atoms with Gasteiger partial charge in [-0.25, -0.2) is 0 Å². The number of rotatable bonds is 3. The smallest absolute Gasteiger partial charge is 0.120 e. The van der Waals surface area contributed by atoms with Crippen LogP contribution in [0.1, 0.15) is 37.2 Å². The molecule has 4 heteroatoms. The van der Waals surface area contributed by atoms with Crippen molar-refractivity contribution < 1.29 is 24.5 Å². The van der Waals surface area contributed by atoms with Crippen molar-refractivity contribution in [3.05, 3.63) is 60.3 Å². The zero-order valence-corrected chi connectivity index (χ0v) is 21.8. The summed E-state index contributed by atoms with van der Waals surface area (Å²) >= 11 is 0. The molecule has 2 aliphatic rings. The van der Waals surface area contributed by atoms with E-state index in [1.165, 1.54) is 47.2 Å². The van der Waals surface area contributed by atoms with Crippen LogP contribution in [0.5, 0.6) is 0 Å². The van der Waals surface area contributed by atoms with Gasteiger partial charge in [-0.15, -0.1) is 17.3 Å². The van der Waals surface area contributed by atoms with Gasteiger partial charge in [0, 0.05) is 39.8 Å². The van der Waals surface area contributed by atoms with E-state index < -0.39 is 8.07 Å². The molecule has 0 saturated heterocycles. The van der Waals surface area contributed by atoms with Gasteiger partial charge in [0.05, 0.1) is 5.58 Å². The van der Waals surface area contributed by atoms with E-state index in [0.29, 0.717) is 5.92 Å². The predicted molar refractivity (Wildman–Crippen MR) is 127 cm³/mol. The predicted octanol–water partition coefficient (Wildman–Crippen LogP) is 6.89. The molecule has 6 rings (SSSR count). The Labute approximate surface area is 198 Å². The normalized spacial score (nSPS) is 22.9. The summed E-state index contributed by atoms with van der Waals surface area (Å²) in [5.41, 5.74) is 5.37. The first kappa shape index (κ1) is 21.1. The van der Waals surface area contributed by atoms with E-state index in [-0.39, 0.29) is 20.1 Å². The van der Waals surface area contributed by atoms with Gasteiger partial charge in [-0.2, -0.15) is 0 Å². The van der Waals surface area contributed by atoms with Crippen LogP contribution in [0.3, 0.4) is 0 Å². The largest absolute Gasteiger partial charge is 0.501 e. The molecule has 0 aliphatic heterocycles. The molecular formula is C27H28IrNOSi-. The van der Waals surface area contributed by atoms with E-state index in [1.807, 2.05) is 6.20 Å². The molecule has 2 saturated carbocycles. The first-order valence-corrected chi connectivity index (χ1v) is 14.8. The van der Waals surface area contributed by atoms with Crippen LogP contribution in [0.15, 0.2) is 53.1 Å². The van der Waals surface area contributed by atoms with Gasteiger partial charge < -0.3 is 9.40 Å². The Morgan fingerprint density at radius 1 is 1.06 bits per heavy atom. The number of benzene rings is 2. The molecule has 2 aromatic heterocycles. The van der Waals surface area contributed by atoms with Gasteiger partial charge in [0.15, 0.2) is 0 Å². The van der Waals surface area contributed by atoms with Gasteiger partial charge >= 0.3 is 0 Å². The second kappa shape index (κ2) is 7.69. The average molecular weight is 603 g/mol. The molecule has 2 heterocycles. The van der Waals surface area contributed by atoms with Crippen LogP contribution in [-0.2, 0) is 20.1 Å². The van der Waals surface area contributed by atoms with Crippen LogP contribution in [0.25, 0.3) is 33.2 Å². The maximum atomic E-state index is 6.44. The summed E-state index contributed by atoms with van der Waals surface area (Å²) in [4.78, 5) is 4.78.